The SMILES string of the molecule is CO.COC(=O)[C@H](CCc1ccc(F)cc1)CCN1CCNCC1.[HH]. The summed E-state index contributed by atoms with van der Waals surface area (Å²) in [5.41, 5.74) is 1.05. The van der Waals surface area contributed by atoms with Crippen molar-refractivity contribution in [3.8, 4) is 0 Å². The van der Waals surface area contributed by atoms with Gasteiger partial charge < -0.3 is 20.1 Å². The van der Waals surface area contributed by atoms with Crippen LogP contribution < -0.4 is 5.32 Å². The average molecular weight is 342 g/mol. The van der Waals surface area contributed by atoms with Gasteiger partial charge in [-0.05, 0) is 43.5 Å². The number of nitrogens with zero attached hydrogens (tertiary/aromatic N) is 1. The molecule has 6 heteroatoms. The Morgan fingerprint density at radius 2 is 1.92 bits per heavy atom. The second kappa shape index (κ2) is 11.9. The van der Waals surface area contributed by atoms with E-state index in [1.54, 1.807) is 12.1 Å². The van der Waals surface area contributed by atoms with Crippen LogP contribution in [0.2, 0.25) is 0 Å². The minimum atomic E-state index is -0.230. The van der Waals surface area contributed by atoms with Crippen molar-refractivity contribution in [1.82, 2.24) is 10.2 Å². The first-order valence-electron chi connectivity index (χ1n) is 8.39. The van der Waals surface area contributed by atoms with Crippen molar-refractivity contribution in [2.45, 2.75) is 19.3 Å². The molecule has 1 heterocycles. The number of aliphatic hydroxyl groups excluding tert-OH is 1. The first-order chi connectivity index (χ1) is 11.7. The third-order valence-electron chi connectivity index (χ3n) is 4.23. The fraction of sp³-hybridized carbons (Fsp3) is 0.611. The summed E-state index contributed by atoms with van der Waals surface area (Å²) in [7, 11) is 2.44. The van der Waals surface area contributed by atoms with Gasteiger partial charge in [0.15, 0.2) is 0 Å². The number of nitrogens with one attached hydrogen (secondary N) is 1. The highest BCUT2D eigenvalue weighted by molar-refractivity contribution is 5.72. The maximum atomic E-state index is 12.9. The summed E-state index contributed by atoms with van der Waals surface area (Å²) in [5.74, 6) is -0.464. The molecular formula is C18H31FN2O3. The summed E-state index contributed by atoms with van der Waals surface area (Å²) < 4.78 is 17.8. The molecule has 0 saturated carbocycles. The molecule has 1 aliphatic heterocycles. The van der Waals surface area contributed by atoms with Gasteiger partial charge in [0, 0.05) is 34.7 Å². The van der Waals surface area contributed by atoms with Crippen molar-refractivity contribution in [3.05, 3.63) is 35.6 Å². The van der Waals surface area contributed by atoms with Gasteiger partial charge in [-0.15, -0.1) is 0 Å². The maximum absolute atomic E-state index is 12.9. The molecule has 0 aromatic heterocycles. The standard InChI is InChI=1S/C17H25FN2O2.CH4O.H2/c1-22-17(21)15(8-11-20-12-9-19-10-13-20)5-2-14-3-6-16(18)7-4-14;1-2;/h3-4,6-7,15,19H,2,5,8-13H2,1H3;2H,1H3;1H/t15-;;/m1../s1. The van der Waals surface area contributed by atoms with Gasteiger partial charge in [-0.1, -0.05) is 12.1 Å². The van der Waals surface area contributed by atoms with Crippen LogP contribution in [0.4, 0.5) is 4.39 Å². The fourth-order valence-electron chi connectivity index (χ4n) is 2.81. The first kappa shape index (κ1) is 20.5. The molecule has 0 aliphatic carbocycles. The number of carbonyl (C=O) groups is 1. The maximum Gasteiger partial charge on any atom is 0.308 e. The molecule has 1 aromatic rings. The number of rotatable bonds is 7. The molecule has 2 N–H and O–H groups in total. The number of carbonyl (C=O) groups excluding carboxylic acids is 1. The highest BCUT2D eigenvalue weighted by atomic mass is 19.1. The number of esters is 1. The van der Waals surface area contributed by atoms with Gasteiger partial charge in [0.2, 0.25) is 0 Å². The van der Waals surface area contributed by atoms with Crippen LogP contribution in [0, 0.1) is 11.7 Å². The van der Waals surface area contributed by atoms with Gasteiger partial charge >= 0.3 is 5.97 Å². The van der Waals surface area contributed by atoms with Gasteiger partial charge in [0.05, 0.1) is 13.0 Å². The second-order valence-electron chi connectivity index (χ2n) is 5.77. The quantitative estimate of drug-likeness (QED) is 0.739. The van der Waals surface area contributed by atoms with E-state index in [-0.39, 0.29) is 19.1 Å². The van der Waals surface area contributed by atoms with E-state index in [2.05, 4.69) is 10.2 Å². The van der Waals surface area contributed by atoms with Crippen LogP contribution in [0.5, 0.6) is 0 Å². The van der Waals surface area contributed by atoms with E-state index in [0.717, 1.165) is 64.7 Å². The van der Waals surface area contributed by atoms with Crippen LogP contribution in [-0.2, 0) is 16.0 Å². The van der Waals surface area contributed by atoms with E-state index < -0.39 is 0 Å². The Bertz CT molecular complexity index is 468. The molecule has 1 fully saturated rings. The molecule has 138 valence electrons. The third kappa shape index (κ3) is 7.38. The number of hydrogen-bond acceptors (Lipinski definition) is 5. The number of piperazine rings is 1. The first-order valence-corrected chi connectivity index (χ1v) is 8.39. The molecule has 0 bridgehead atoms. The molecule has 0 spiro atoms. The Morgan fingerprint density at radius 3 is 2.50 bits per heavy atom. The Hall–Kier alpha value is -1.50. The molecule has 1 saturated heterocycles. The number of methoxy groups -OCH3 is 1. The monoisotopic (exact) mass is 342 g/mol. The zero-order valence-corrected chi connectivity index (χ0v) is 14.6. The summed E-state index contributed by atoms with van der Waals surface area (Å²) in [6.45, 7) is 5.01. The molecule has 0 radical (unpaired) electrons. The van der Waals surface area contributed by atoms with Gasteiger partial charge in [0.1, 0.15) is 5.82 Å². The number of halogens is 1. The normalized spacial score (nSPS) is 16.0. The number of benzene rings is 1. The highest BCUT2D eigenvalue weighted by Gasteiger charge is 2.20. The lowest BCUT2D eigenvalue weighted by atomic mass is 9.96. The predicted octanol–water partition coefficient (Wildman–Crippen LogP) is 1.70. The number of hydrogen-bond donors (Lipinski definition) is 2. The van der Waals surface area contributed by atoms with Crippen LogP contribution in [0.25, 0.3) is 0 Å². The van der Waals surface area contributed by atoms with E-state index in [9.17, 15) is 9.18 Å². The van der Waals surface area contributed by atoms with Gasteiger partial charge in [-0.3, -0.25) is 4.79 Å². The zero-order chi connectivity index (χ0) is 17.8. The van der Waals surface area contributed by atoms with Crippen molar-refractivity contribution in [2.75, 3.05) is 46.9 Å². The van der Waals surface area contributed by atoms with Crippen LogP contribution >= 0.6 is 0 Å². The molecule has 2 rings (SSSR count). The van der Waals surface area contributed by atoms with Crippen LogP contribution in [0.15, 0.2) is 24.3 Å². The average Bonchev–Trinajstić information content (AvgIpc) is 2.65. The molecule has 0 amide bonds. The van der Waals surface area contributed by atoms with Crippen molar-refractivity contribution in [1.29, 1.82) is 0 Å². The Labute approximate surface area is 145 Å². The smallest absolute Gasteiger partial charge is 0.308 e. The Kier molecular flexibility index (Phi) is 10.2. The number of aliphatic hydroxyl groups is 1. The van der Waals surface area contributed by atoms with Crippen LogP contribution in [0.3, 0.4) is 0 Å². The van der Waals surface area contributed by atoms with Crippen LogP contribution in [0.1, 0.15) is 19.8 Å². The Morgan fingerprint density at radius 1 is 1.29 bits per heavy atom. The lowest BCUT2D eigenvalue weighted by molar-refractivity contribution is -0.146. The Balaban J connectivity index is 0.00000185. The van der Waals surface area contributed by atoms with Crippen LogP contribution in [-0.4, -0.2) is 62.9 Å². The second-order valence-corrected chi connectivity index (χ2v) is 5.77. The summed E-state index contributed by atoms with van der Waals surface area (Å²) in [6.07, 6.45) is 2.32. The summed E-state index contributed by atoms with van der Waals surface area (Å²) in [5, 5.41) is 10.3. The fourth-order valence-corrected chi connectivity index (χ4v) is 2.81. The van der Waals surface area contributed by atoms with E-state index in [1.807, 2.05) is 0 Å². The lowest BCUT2D eigenvalue weighted by Gasteiger charge is -2.28. The molecule has 1 atom stereocenters. The minimum Gasteiger partial charge on any atom is -0.469 e. The summed E-state index contributed by atoms with van der Waals surface area (Å²) >= 11 is 0. The van der Waals surface area contributed by atoms with E-state index in [0.29, 0.717) is 0 Å². The topological polar surface area (TPSA) is 61.8 Å². The van der Waals surface area contributed by atoms with Crippen molar-refractivity contribution >= 4 is 5.97 Å². The molecule has 24 heavy (non-hydrogen) atoms. The van der Waals surface area contributed by atoms with Gasteiger partial charge in [-0.2, -0.15) is 0 Å². The van der Waals surface area contributed by atoms with Gasteiger partial charge in [0.25, 0.3) is 0 Å². The summed E-state index contributed by atoms with van der Waals surface area (Å²) in [4.78, 5) is 14.3. The zero-order valence-electron chi connectivity index (χ0n) is 14.6. The van der Waals surface area contributed by atoms with Gasteiger partial charge in [-0.25, -0.2) is 4.39 Å². The highest BCUT2D eigenvalue weighted by Crippen LogP contribution is 2.16. The van der Waals surface area contributed by atoms with E-state index in [1.165, 1.54) is 19.2 Å². The third-order valence-corrected chi connectivity index (χ3v) is 4.23. The summed E-state index contributed by atoms with van der Waals surface area (Å²) in [6, 6.07) is 6.48. The molecule has 1 aromatic carbocycles. The molecule has 1 aliphatic rings. The minimum absolute atomic E-state index is 0. The number of aryl methyl sites for hydroxylation is 1. The largest absolute Gasteiger partial charge is 0.469 e. The van der Waals surface area contributed by atoms with E-state index >= 15 is 0 Å². The molecular weight excluding hydrogens is 311 g/mol. The molecule has 5 nitrogen and oxygen atoms in total. The lowest BCUT2D eigenvalue weighted by Crippen LogP contribution is -2.44. The predicted molar refractivity (Wildman–Crippen MR) is 94.4 cm³/mol. The van der Waals surface area contributed by atoms with E-state index in [4.69, 9.17) is 9.84 Å². The number of ether oxygens (including phenoxy) is 1. The van der Waals surface area contributed by atoms with Crippen molar-refractivity contribution < 1.29 is 20.5 Å². The van der Waals surface area contributed by atoms with Crippen molar-refractivity contribution in [3.63, 3.8) is 0 Å². The molecule has 0 unspecified atom stereocenters. The van der Waals surface area contributed by atoms with Crippen molar-refractivity contribution in [2.24, 2.45) is 5.92 Å².